The van der Waals surface area contributed by atoms with E-state index in [0.29, 0.717) is 22.3 Å². The number of nitrogens with zero attached hydrogens (tertiary/aromatic N) is 3. The number of hydrogen-bond acceptors (Lipinski definition) is 7. The Bertz CT molecular complexity index is 1200. The molecule has 2 heterocycles. The molecule has 7 nitrogen and oxygen atoms in total. The van der Waals surface area contributed by atoms with Crippen molar-refractivity contribution in [3.63, 3.8) is 0 Å². The summed E-state index contributed by atoms with van der Waals surface area (Å²) in [5.74, 6) is -1.39. The van der Waals surface area contributed by atoms with Crippen LogP contribution in [0.4, 0.5) is 25.8 Å². The molecule has 0 amide bonds. The smallest absolute Gasteiger partial charge is 0.341 e. The van der Waals surface area contributed by atoms with E-state index < -0.39 is 17.6 Å². The van der Waals surface area contributed by atoms with Crippen LogP contribution in [0.3, 0.4) is 0 Å². The van der Waals surface area contributed by atoms with Crippen molar-refractivity contribution < 1.29 is 23.0 Å². The zero-order valence-corrected chi connectivity index (χ0v) is 19.5. The van der Waals surface area contributed by atoms with E-state index in [1.54, 1.807) is 20.1 Å². The van der Waals surface area contributed by atoms with Gasteiger partial charge in [0, 0.05) is 43.4 Å². The average Bonchev–Trinajstić information content (AvgIpc) is 3.04. The molecule has 0 bridgehead atoms. The van der Waals surface area contributed by atoms with E-state index in [0.717, 1.165) is 50.4 Å². The third-order valence-electron chi connectivity index (χ3n) is 5.91. The van der Waals surface area contributed by atoms with Gasteiger partial charge in [0.05, 0.1) is 36.3 Å². The molecule has 1 N–H and O–H groups in total. The second kappa shape index (κ2) is 10.2. The fourth-order valence-corrected chi connectivity index (χ4v) is 4.13. The highest BCUT2D eigenvalue weighted by atomic mass is 19.1. The van der Waals surface area contributed by atoms with Gasteiger partial charge in [0.1, 0.15) is 22.9 Å². The molecule has 4 rings (SSSR count). The number of benzene rings is 2. The monoisotopic (exact) mass is 470 g/mol. The summed E-state index contributed by atoms with van der Waals surface area (Å²) in [6.45, 7) is 5.42. The molecule has 1 aliphatic heterocycles. The first-order valence-corrected chi connectivity index (χ1v) is 11.2. The fourth-order valence-electron chi connectivity index (χ4n) is 4.13. The van der Waals surface area contributed by atoms with Gasteiger partial charge >= 0.3 is 5.97 Å². The number of likely N-dealkylation sites (N-methyl/N-ethyl adjacent to an activating group) is 1. The standard InChI is InChI=1S/C25H28F2N4O3/c1-4-34-25(32)18-15-28-21-14-23(33-3)22(31-9-5-8-30(2)10-11-31)13-17(21)24(18)29-20-7-6-16(26)12-19(20)27/h6-7,12-15H,4-5,8-11H2,1-3H3,(H,28,29). The summed E-state index contributed by atoms with van der Waals surface area (Å²) in [6.07, 6.45) is 2.38. The van der Waals surface area contributed by atoms with Crippen molar-refractivity contribution in [2.24, 2.45) is 0 Å². The topological polar surface area (TPSA) is 66.9 Å². The van der Waals surface area contributed by atoms with Crippen molar-refractivity contribution >= 4 is 33.9 Å². The number of esters is 1. The highest BCUT2D eigenvalue weighted by molar-refractivity contribution is 6.07. The van der Waals surface area contributed by atoms with Crippen LogP contribution in [0.2, 0.25) is 0 Å². The lowest BCUT2D eigenvalue weighted by Gasteiger charge is -2.26. The Morgan fingerprint density at radius 2 is 1.97 bits per heavy atom. The number of rotatable bonds is 6. The summed E-state index contributed by atoms with van der Waals surface area (Å²) < 4.78 is 38.9. The molecule has 1 saturated heterocycles. The first-order valence-electron chi connectivity index (χ1n) is 11.2. The van der Waals surface area contributed by atoms with Gasteiger partial charge in [-0.1, -0.05) is 0 Å². The predicted octanol–water partition coefficient (Wildman–Crippen LogP) is 4.58. The highest BCUT2D eigenvalue weighted by Crippen LogP contribution is 2.38. The number of ether oxygens (including phenoxy) is 2. The summed E-state index contributed by atoms with van der Waals surface area (Å²) in [6, 6.07) is 6.94. The second-order valence-electron chi connectivity index (χ2n) is 8.20. The number of anilines is 3. The minimum atomic E-state index is -0.774. The van der Waals surface area contributed by atoms with Gasteiger partial charge in [0.25, 0.3) is 0 Å². The number of hydrogen-bond donors (Lipinski definition) is 1. The van der Waals surface area contributed by atoms with Crippen LogP contribution in [0.15, 0.2) is 36.5 Å². The van der Waals surface area contributed by atoms with Crippen LogP contribution >= 0.6 is 0 Å². The van der Waals surface area contributed by atoms with Gasteiger partial charge in [-0.15, -0.1) is 0 Å². The van der Waals surface area contributed by atoms with Crippen LogP contribution < -0.4 is 15.0 Å². The van der Waals surface area contributed by atoms with Gasteiger partial charge in [-0.05, 0) is 45.1 Å². The summed E-state index contributed by atoms with van der Waals surface area (Å²) in [4.78, 5) is 21.7. The SMILES string of the molecule is CCOC(=O)c1cnc2cc(OC)c(N3CCCN(C)CC3)cc2c1Nc1ccc(F)cc1F. The van der Waals surface area contributed by atoms with Crippen molar-refractivity contribution in [1.29, 1.82) is 0 Å². The number of halogens is 2. The Morgan fingerprint density at radius 1 is 1.15 bits per heavy atom. The Kier molecular flexibility index (Phi) is 7.12. The molecular formula is C25H28F2N4O3. The van der Waals surface area contributed by atoms with Crippen molar-refractivity contribution in [3.05, 3.63) is 53.7 Å². The van der Waals surface area contributed by atoms with E-state index in [4.69, 9.17) is 9.47 Å². The molecular weight excluding hydrogens is 442 g/mol. The molecule has 0 unspecified atom stereocenters. The maximum Gasteiger partial charge on any atom is 0.341 e. The molecule has 1 aliphatic rings. The van der Waals surface area contributed by atoms with Gasteiger partial charge in [0.2, 0.25) is 0 Å². The lowest BCUT2D eigenvalue weighted by Crippen LogP contribution is -2.29. The molecule has 0 radical (unpaired) electrons. The molecule has 0 atom stereocenters. The summed E-state index contributed by atoms with van der Waals surface area (Å²) in [5, 5.41) is 3.59. The third kappa shape index (κ3) is 4.89. The summed E-state index contributed by atoms with van der Waals surface area (Å²) in [5.41, 5.74) is 1.95. The van der Waals surface area contributed by atoms with Crippen LogP contribution in [0, 0.1) is 11.6 Å². The first-order chi connectivity index (χ1) is 16.4. The zero-order chi connectivity index (χ0) is 24.2. The van der Waals surface area contributed by atoms with Crippen LogP contribution in [0.25, 0.3) is 10.9 Å². The van der Waals surface area contributed by atoms with Crippen molar-refractivity contribution in [3.8, 4) is 5.75 Å². The lowest BCUT2D eigenvalue weighted by molar-refractivity contribution is 0.0527. The van der Waals surface area contributed by atoms with Crippen molar-refractivity contribution in [2.45, 2.75) is 13.3 Å². The maximum absolute atomic E-state index is 14.5. The molecule has 180 valence electrons. The lowest BCUT2D eigenvalue weighted by atomic mass is 10.1. The van der Waals surface area contributed by atoms with Crippen LogP contribution in [-0.2, 0) is 4.74 Å². The second-order valence-corrected chi connectivity index (χ2v) is 8.20. The van der Waals surface area contributed by atoms with E-state index in [9.17, 15) is 13.6 Å². The Labute approximate surface area is 197 Å². The minimum absolute atomic E-state index is 0.0354. The van der Waals surface area contributed by atoms with Crippen LogP contribution in [-0.4, -0.2) is 62.8 Å². The van der Waals surface area contributed by atoms with E-state index in [1.807, 2.05) is 6.07 Å². The molecule has 1 fully saturated rings. The Hall–Kier alpha value is -3.46. The van der Waals surface area contributed by atoms with Gasteiger partial charge < -0.3 is 24.6 Å². The van der Waals surface area contributed by atoms with E-state index in [-0.39, 0.29) is 17.9 Å². The predicted molar refractivity (Wildman–Crippen MR) is 128 cm³/mol. The van der Waals surface area contributed by atoms with Gasteiger partial charge in [-0.25, -0.2) is 13.6 Å². The fraction of sp³-hybridized carbons (Fsp3) is 0.360. The molecule has 0 aliphatic carbocycles. The number of fused-ring (bicyclic) bond motifs is 1. The number of carbonyl (C=O) groups is 1. The van der Waals surface area contributed by atoms with Crippen LogP contribution in [0.1, 0.15) is 23.7 Å². The normalized spacial score (nSPS) is 14.7. The molecule has 0 saturated carbocycles. The molecule has 9 heteroatoms. The number of carbonyl (C=O) groups excluding carboxylic acids is 1. The maximum atomic E-state index is 14.5. The molecule has 3 aromatic rings. The molecule has 1 aromatic heterocycles. The van der Waals surface area contributed by atoms with E-state index in [1.165, 1.54) is 12.3 Å². The van der Waals surface area contributed by atoms with Crippen molar-refractivity contribution in [2.75, 3.05) is 57.2 Å². The van der Waals surface area contributed by atoms with Gasteiger partial charge in [0.15, 0.2) is 0 Å². The molecule has 2 aromatic carbocycles. The number of aromatic nitrogens is 1. The highest BCUT2D eigenvalue weighted by Gasteiger charge is 2.22. The number of nitrogens with one attached hydrogen (secondary N) is 1. The van der Waals surface area contributed by atoms with Crippen molar-refractivity contribution in [1.82, 2.24) is 9.88 Å². The van der Waals surface area contributed by atoms with E-state index >= 15 is 0 Å². The quantitative estimate of drug-likeness (QED) is 0.529. The van der Waals surface area contributed by atoms with Gasteiger partial charge in [-0.3, -0.25) is 4.98 Å². The third-order valence-corrected chi connectivity index (χ3v) is 5.91. The number of methoxy groups -OCH3 is 1. The minimum Gasteiger partial charge on any atom is -0.495 e. The van der Waals surface area contributed by atoms with E-state index in [2.05, 4.69) is 27.1 Å². The molecule has 0 spiro atoms. The zero-order valence-electron chi connectivity index (χ0n) is 19.5. The van der Waals surface area contributed by atoms with Crippen LogP contribution in [0.5, 0.6) is 5.75 Å². The van der Waals surface area contributed by atoms with Gasteiger partial charge in [-0.2, -0.15) is 0 Å². The Balaban J connectivity index is 1.89. The number of pyridine rings is 1. The summed E-state index contributed by atoms with van der Waals surface area (Å²) in [7, 11) is 3.70. The first kappa shape index (κ1) is 23.7. The largest absolute Gasteiger partial charge is 0.495 e. The Morgan fingerprint density at radius 3 is 2.71 bits per heavy atom. The summed E-state index contributed by atoms with van der Waals surface area (Å²) >= 11 is 0. The molecule has 34 heavy (non-hydrogen) atoms. The average molecular weight is 471 g/mol.